The van der Waals surface area contributed by atoms with E-state index in [1.54, 1.807) is 20.3 Å². The lowest BCUT2D eigenvalue weighted by Crippen LogP contribution is -2.52. The number of piperidine rings is 1. The first-order valence-electron chi connectivity index (χ1n) is 15.8. The van der Waals surface area contributed by atoms with Crippen molar-refractivity contribution < 1.29 is 24.2 Å². The molecule has 4 aliphatic rings. The number of fused-ring (bicyclic) bond motifs is 2. The van der Waals surface area contributed by atoms with Crippen molar-refractivity contribution in [3.05, 3.63) is 70.9 Å². The molecule has 1 atom stereocenters. The number of aromatic nitrogens is 1. The summed E-state index contributed by atoms with van der Waals surface area (Å²) in [6, 6.07) is 15.3. The minimum Gasteiger partial charge on any atom is -0.508 e. The van der Waals surface area contributed by atoms with Gasteiger partial charge in [0.2, 0.25) is 11.8 Å². The summed E-state index contributed by atoms with van der Waals surface area (Å²) in [6.07, 6.45) is 10.1. The number of benzene rings is 2. The summed E-state index contributed by atoms with van der Waals surface area (Å²) >= 11 is 0. The molecule has 234 valence electrons. The van der Waals surface area contributed by atoms with Crippen molar-refractivity contribution in [3.8, 4) is 5.75 Å². The van der Waals surface area contributed by atoms with E-state index in [-0.39, 0.29) is 30.5 Å². The van der Waals surface area contributed by atoms with Gasteiger partial charge >= 0.3 is 0 Å². The van der Waals surface area contributed by atoms with Crippen molar-refractivity contribution in [1.29, 1.82) is 0 Å². The van der Waals surface area contributed by atoms with Crippen LogP contribution in [0.3, 0.4) is 0 Å². The second-order valence-electron chi connectivity index (χ2n) is 12.2. The van der Waals surface area contributed by atoms with E-state index < -0.39 is 11.9 Å². The molecule has 1 unspecified atom stereocenters. The van der Waals surface area contributed by atoms with Crippen molar-refractivity contribution in [2.75, 3.05) is 27.3 Å². The van der Waals surface area contributed by atoms with Crippen molar-refractivity contribution in [1.82, 2.24) is 20.1 Å². The van der Waals surface area contributed by atoms with Gasteiger partial charge < -0.3 is 14.7 Å². The number of aromatic hydroxyl groups is 1. The maximum atomic E-state index is 12.2. The number of nitrogens with one attached hydrogen (secondary N) is 1. The molecular formula is C35H44N4O5. The van der Waals surface area contributed by atoms with Crippen molar-refractivity contribution in [2.24, 2.45) is 0 Å². The molecule has 3 amide bonds. The molecule has 1 aromatic heterocycles. The molecule has 3 fully saturated rings. The number of carbonyl (C=O) groups is 3. The average Bonchev–Trinajstić information content (AvgIpc) is 3.65. The van der Waals surface area contributed by atoms with Crippen LogP contribution in [0, 0.1) is 0 Å². The van der Waals surface area contributed by atoms with Crippen molar-refractivity contribution >= 4 is 28.6 Å². The number of likely N-dealkylation sites (tertiary alicyclic amines) is 1. The fourth-order valence-electron chi connectivity index (χ4n) is 6.67. The molecule has 3 aromatic rings. The number of pyridine rings is 1. The molecule has 7 rings (SSSR count). The number of ether oxygens (including phenoxy) is 1. The fraction of sp³-hybridized carbons (Fsp3) is 0.486. The van der Waals surface area contributed by atoms with Gasteiger partial charge in [0, 0.05) is 56.3 Å². The van der Waals surface area contributed by atoms with Gasteiger partial charge in [-0.05, 0) is 92.7 Å². The Morgan fingerprint density at radius 1 is 0.909 bits per heavy atom. The Morgan fingerprint density at radius 3 is 2.39 bits per heavy atom. The largest absolute Gasteiger partial charge is 0.508 e. The predicted octanol–water partition coefficient (Wildman–Crippen LogP) is 5.29. The molecule has 4 heterocycles. The number of nitrogens with zero attached hydrogens (tertiary/aromatic N) is 3. The van der Waals surface area contributed by atoms with E-state index in [0.717, 1.165) is 6.54 Å². The lowest BCUT2D eigenvalue weighted by Gasteiger charge is -2.29. The summed E-state index contributed by atoms with van der Waals surface area (Å²) in [5.41, 5.74) is 5.13. The topological polar surface area (TPSA) is 112 Å². The summed E-state index contributed by atoms with van der Waals surface area (Å²) in [4.78, 5) is 44.1. The maximum Gasteiger partial charge on any atom is 0.255 e. The van der Waals surface area contributed by atoms with Crippen LogP contribution in [0.1, 0.15) is 90.9 Å². The van der Waals surface area contributed by atoms with Gasteiger partial charge in [-0.25, -0.2) is 0 Å². The Balaban J connectivity index is 0.000000162. The Morgan fingerprint density at radius 2 is 1.66 bits per heavy atom. The van der Waals surface area contributed by atoms with Gasteiger partial charge in [0.15, 0.2) is 0 Å². The normalized spacial score (nSPS) is 20.5. The highest BCUT2D eigenvalue weighted by Gasteiger charge is 2.39. The number of methoxy groups -OCH3 is 1. The molecule has 9 nitrogen and oxygen atoms in total. The molecule has 0 spiro atoms. The fourth-order valence-corrected chi connectivity index (χ4v) is 6.67. The number of hydrogen-bond acceptors (Lipinski definition) is 7. The Kier molecular flexibility index (Phi) is 10.6. The number of phenols is 1. The first-order chi connectivity index (χ1) is 21.4. The zero-order chi connectivity index (χ0) is 31.1. The molecule has 9 heteroatoms. The van der Waals surface area contributed by atoms with Crippen LogP contribution in [0.5, 0.6) is 5.75 Å². The van der Waals surface area contributed by atoms with Crippen LogP contribution in [-0.2, 0) is 27.4 Å². The van der Waals surface area contributed by atoms with Crippen molar-refractivity contribution in [3.63, 3.8) is 0 Å². The Hall–Kier alpha value is -3.82. The lowest BCUT2D eigenvalue weighted by molar-refractivity contribution is -0.136. The zero-order valence-corrected chi connectivity index (χ0v) is 25.9. The van der Waals surface area contributed by atoms with Crippen LogP contribution in [0.2, 0.25) is 0 Å². The molecule has 2 saturated heterocycles. The zero-order valence-electron chi connectivity index (χ0n) is 25.9. The van der Waals surface area contributed by atoms with Crippen LogP contribution in [0.4, 0.5) is 0 Å². The minimum absolute atomic E-state index is 0.0941. The number of phenolic OH excluding ortho intramolecular Hbond substituents is 1. The molecule has 2 aromatic carbocycles. The summed E-state index contributed by atoms with van der Waals surface area (Å²) in [5.74, 6) is -0.173. The van der Waals surface area contributed by atoms with Crippen molar-refractivity contribution in [2.45, 2.75) is 82.8 Å². The third kappa shape index (κ3) is 7.63. The van der Waals surface area contributed by atoms with Gasteiger partial charge in [0.05, 0.1) is 5.52 Å². The molecule has 0 bridgehead atoms. The molecule has 1 saturated carbocycles. The van der Waals surface area contributed by atoms with E-state index in [0.29, 0.717) is 23.5 Å². The van der Waals surface area contributed by atoms with E-state index in [9.17, 15) is 19.5 Å². The van der Waals surface area contributed by atoms with Gasteiger partial charge in [0.25, 0.3) is 5.91 Å². The quantitative estimate of drug-likeness (QED) is 0.391. The predicted molar refractivity (Wildman–Crippen MR) is 169 cm³/mol. The number of imide groups is 1. The number of rotatable bonds is 4. The van der Waals surface area contributed by atoms with Gasteiger partial charge in [-0.15, -0.1) is 0 Å². The van der Waals surface area contributed by atoms with Crippen LogP contribution < -0.4 is 5.32 Å². The van der Waals surface area contributed by atoms with Crippen LogP contribution in [0.25, 0.3) is 10.9 Å². The second-order valence-corrected chi connectivity index (χ2v) is 12.2. The summed E-state index contributed by atoms with van der Waals surface area (Å²) in [6.45, 7) is 3.91. The Bertz CT molecular complexity index is 1480. The first kappa shape index (κ1) is 31.6. The first-order valence-corrected chi connectivity index (χ1v) is 15.8. The number of carbonyl (C=O) groups excluding carboxylic acids is 3. The highest BCUT2D eigenvalue weighted by Crippen LogP contribution is 2.33. The van der Waals surface area contributed by atoms with Crippen LogP contribution >= 0.6 is 0 Å². The third-order valence-corrected chi connectivity index (χ3v) is 8.91. The van der Waals surface area contributed by atoms with E-state index in [2.05, 4.69) is 45.3 Å². The third-order valence-electron chi connectivity index (χ3n) is 8.91. The summed E-state index contributed by atoms with van der Waals surface area (Å²) in [7, 11) is 3.25. The van der Waals surface area contributed by atoms with Gasteiger partial charge in [-0.3, -0.25) is 29.6 Å². The monoisotopic (exact) mass is 600 g/mol. The van der Waals surface area contributed by atoms with E-state index in [1.165, 1.54) is 97.2 Å². The van der Waals surface area contributed by atoms with Crippen LogP contribution in [0.15, 0.2) is 48.5 Å². The smallest absolute Gasteiger partial charge is 0.255 e. The molecule has 0 radical (unpaired) electrons. The summed E-state index contributed by atoms with van der Waals surface area (Å²) in [5, 5.41) is 13.0. The van der Waals surface area contributed by atoms with E-state index >= 15 is 0 Å². The average molecular weight is 601 g/mol. The second kappa shape index (κ2) is 14.8. The Labute approximate surface area is 259 Å². The van der Waals surface area contributed by atoms with Gasteiger partial charge in [-0.1, -0.05) is 31.4 Å². The summed E-state index contributed by atoms with van der Waals surface area (Å²) < 4.78 is 4.25. The van der Waals surface area contributed by atoms with Crippen LogP contribution in [-0.4, -0.2) is 71.0 Å². The molecule has 3 aliphatic heterocycles. The molecule has 1 aliphatic carbocycles. The van der Waals surface area contributed by atoms with Gasteiger partial charge in [0.1, 0.15) is 11.8 Å². The van der Waals surface area contributed by atoms with E-state index in [4.69, 9.17) is 4.98 Å². The highest BCUT2D eigenvalue weighted by atomic mass is 16.4. The molecule has 44 heavy (non-hydrogen) atoms. The lowest BCUT2D eigenvalue weighted by atomic mass is 9.86. The van der Waals surface area contributed by atoms with Gasteiger partial charge in [-0.2, -0.15) is 0 Å². The minimum atomic E-state index is -0.611. The SMILES string of the molecule is COC.O=C1CCC(N2Cc3cc(O)ccc3C2=O)C(=O)N1.c1cc2nc(C3CCCCC3)ccc2cc1CN1CCCC1. The highest BCUT2D eigenvalue weighted by molar-refractivity contribution is 6.05. The standard InChI is InChI=1S/C20H26N2.C13H12N2O4.C2H6O/c1-2-6-17(7-3-1)19-11-9-18-14-16(8-10-20(18)21-19)15-22-12-4-5-13-22;16-8-1-2-9-7(5-8)6-15(13(9)19)10-3-4-11(17)14-12(10)18;1-3-2/h8-11,14,17H,1-7,12-13,15H2;1-2,5,10,16H,3-4,6H2,(H,14,17,18);1-2H3. The number of amides is 3. The maximum absolute atomic E-state index is 12.2. The van der Waals surface area contributed by atoms with E-state index in [1.807, 2.05) is 0 Å². The molecular weight excluding hydrogens is 556 g/mol. The number of hydrogen-bond donors (Lipinski definition) is 2. The molecule has 2 N–H and O–H groups in total.